The minimum absolute atomic E-state index is 0.294. The zero-order valence-corrected chi connectivity index (χ0v) is 11.6. The summed E-state index contributed by atoms with van der Waals surface area (Å²) in [7, 11) is 0. The Hall–Kier alpha value is -2.08. The SMILES string of the molecule is CC(N)=N[C@@H](CCCCNOc1ccccc1)C(=O)O. The predicted octanol–water partition coefficient (Wildman–Crippen LogP) is 1.57. The molecule has 0 unspecified atom stereocenters. The molecule has 0 saturated carbocycles. The first-order valence-corrected chi connectivity index (χ1v) is 6.57. The third-order valence-electron chi connectivity index (χ3n) is 2.58. The lowest BCUT2D eigenvalue weighted by molar-refractivity contribution is -0.138. The van der Waals surface area contributed by atoms with E-state index in [0.717, 1.165) is 18.6 Å². The molecular formula is C14H21N3O3. The number of nitrogens with zero attached hydrogens (tertiary/aromatic N) is 1. The lowest BCUT2D eigenvalue weighted by atomic mass is 10.1. The first kappa shape index (κ1) is 16.0. The van der Waals surface area contributed by atoms with E-state index in [2.05, 4.69) is 10.5 Å². The highest BCUT2D eigenvalue weighted by molar-refractivity contribution is 5.82. The molecule has 1 atom stereocenters. The van der Waals surface area contributed by atoms with Crippen LogP contribution in [0.25, 0.3) is 0 Å². The number of hydrogen-bond donors (Lipinski definition) is 3. The number of hydrogen-bond acceptors (Lipinski definition) is 4. The van der Waals surface area contributed by atoms with E-state index in [0.29, 0.717) is 18.8 Å². The van der Waals surface area contributed by atoms with Crippen molar-refractivity contribution in [3.63, 3.8) is 0 Å². The number of amidine groups is 1. The van der Waals surface area contributed by atoms with Crippen molar-refractivity contribution in [2.24, 2.45) is 10.7 Å². The first-order chi connectivity index (χ1) is 9.59. The van der Waals surface area contributed by atoms with Crippen molar-refractivity contribution >= 4 is 11.8 Å². The van der Waals surface area contributed by atoms with Gasteiger partial charge in [0.15, 0.2) is 0 Å². The fraction of sp³-hybridized carbons (Fsp3) is 0.429. The molecule has 6 heteroatoms. The van der Waals surface area contributed by atoms with Crippen LogP contribution < -0.4 is 16.1 Å². The van der Waals surface area contributed by atoms with E-state index in [1.54, 1.807) is 6.92 Å². The Morgan fingerprint density at radius 2 is 2.10 bits per heavy atom. The fourth-order valence-corrected chi connectivity index (χ4v) is 1.65. The number of hydroxylamine groups is 1. The van der Waals surface area contributed by atoms with Gasteiger partial charge in [-0.15, -0.1) is 0 Å². The number of benzene rings is 1. The van der Waals surface area contributed by atoms with Gasteiger partial charge in [0.25, 0.3) is 0 Å². The minimum atomic E-state index is -0.941. The second kappa shape index (κ2) is 8.92. The Morgan fingerprint density at radius 1 is 1.40 bits per heavy atom. The largest absolute Gasteiger partial charge is 0.480 e. The van der Waals surface area contributed by atoms with Crippen molar-refractivity contribution in [3.8, 4) is 5.75 Å². The second-order valence-corrected chi connectivity index (χ2v) is 4.43. The van der Waals surface area contributed by atoms with Gasteiger partial charge in [-0.3, -0.25) is 4.99 Å². The zero-order valence-electron chi connectivity index (χ0n) is 11.6. The van der Waals surface area contributed by atoms with Crippen LogP contribution in [0.4, 0.5) is 0 Å². The minimum Gasteiger partial charge on any atom is -0.480 e. The molecule has 0 bridgehead atoms. The summed E-state index contributed by atoms with van der Waals surface area (Å²) in [6, 6.07) is 8.65. The van der Waals surface area contributed by atoms with E-state index < -0.39 is 12.0 Å². The van der Waals surface area contributed by atoms with Crippen LogP contribution in [0, 0.1) is 0 Å². The molecule has 1 aromatic rings. The Morgan fingerprint density at radius 3 is 2.70 bits per heavy atom. The normalized spacial score (nSPS) is 12.9. The molecule has 1 aromatic carbocycles. The molecule has 0 aliphatic heterocycles. The van der Waals surface area contributed by atoms with Gasteiger partial charge in [-0.05, 0) is 38.3 Å². The number of para-hydroxylation sites is 1. The van der Waals surface area contributed by atoms with Crippen LogP contribution in [-0.4, -0.2) is 29.5 Å². The van der Waals surface area contributed by atoms with Crippen LogP contribution in [0.3, 0.4) is 0 Å². The number of aliphatic carboxylic acids is 1. The van der Waals surface area contributed by atoms with E-state index in [4.69, 9.17) is 15.7 Å². The summed E-state index contributed by atoms with van der Waals surface area (Å²) in [5, 5.41) is 8.97. The molecule has 110 valence electrons. The van der Waals surface area contributed by atoms with Crippen LogP contribution in [-0.2, 0) is 4.79 Å². The highest BCUT2D eigenvalue weighted by Crippen LogP contribution is 2.07. The molecule has 0 spiro atoms. The summed E-state index contributed by atoms with van der Waals surface area (Å²) in [4.78, 5) is 20.1. The van der Waals surface area contributed by atoms with Crippen molar-refractivity contribution in [3.05, 3.63) is 30.3 Å². The fourth-order valence-electron chi connectivity index (χ4n) is 1.65. The number of aliphatic imine (C=N–C) groups is 1. The van der Waals surface area contributed by atoms with Gasteiger partial charge >= 0.3 is 5.97 Å². The summed E-state index contributed by atoms with van der Waals surface area (Å²) in [5.74, 6) is 0.102. The molecular weight excluding hydrogens is 258 g/mol. The molecule has 0 heterocycles. The van der Waals surface area contributed by atoms with Crippen molar-refractivity contribution < 1.29 is 14.7 Å². The van der Waals surface area contributed by atoms with Crippen LogP contribution in [0.2, 0.25) is 0 Å². The maximum Gasteiger partial charge on any atom is 0.328 e. The van der Waals surface area contributed by atoms with E-state index >= 15 is 0 Å². The predicted molar refractivity (Wildman–Crippen MR) is 77.6 cm³/mol. The quantitative estimate of drug-likeness (QED) is 0.276. The molecule has 0 aromatic heterocycles. The molecule has 0 saturated heterocycles. The van der Waals surface area contributed by atoms with Gasteiger partial charge in [0.05, 0.1) is 5.84 Å². The smallest absolute Gasteiger partial charge is 0.328 e. The standard InChI is InChI=1S/C14H21N3O3/c1-11(15)17-13(14(18)19)9-5-6-10-16-20-12-7-3-2-4-8-12/h2-4,7-8,13,16H,5-6,9-10H2,1H3,(H2,15,17)(H,18,19)/t13-/m0/s1. The van der Waals surface area contributed by atoms with E-state index in [1.165, 1.54) is 0 Å². The van der Waals surface area contributed by atoms with Crippen molar-refractivity contribution in [1.29, 1.82) is 0 Å². The Balaban J connectivity index is 2.15. The molecule has 20 heavy (non-hydrogen) atoms. The number of rotatable bonds is 9. The van der Waals surface area contributed by atoms with Gasteiger partial charge in [0, 0.05) is 6.54 Å². The van der Waals surface area contributed by atoms with Crippen LogP contribution in [0.1, 0.15) is 26.2 Å². The Kier molecular flexibility index (Phi) is 7.13. The van der Waals surface area contributed by atoms with Crippen LogP contribution in [0.15, 0.2) is 35.3 Å². The summed E-state index contributed by atoms with van der Waals surface area (Å²) >= 11 is 0. The van der Waals surface area contributed by atoms with Gasteiger partial charge < -0.3 is 15.7 Å². The molecule has 0 aliphatic rings. The Labute approximate surface area is 118 Å². The third-order valence-corrected chi connectivity index (χ3v) is 2.58. The van der Waals surface area contributed by atoms with Gasteiger partial charge in [-0.1, -0.05) is 18.2 Å². The monoisotopic (exact) mass is 279 g/mol. The van der Waals surface area contributed by atoms with E-state index in [1.807, 2.05) is 30.3 Å². The summed E-state index contributed by atoms with van der Waals surface area (Å²) in [5.41, 5.74) is 8.24. The molecule has 4 N–H and O–H groups in total. The lowest BCUT2D eigenvalue weighted by Gasteiger charge is -2.09. The van der Waals surface area contributed by atoms with Crippen molar-refractivity contribution in [1.82, 2.24) is 5.48 Å². The van der Waals surface area contributed by atoms with Gasteiger partial charge in [0.1, 0.15) is 11.8 Å². The third kappa shape index (κ3) is 6.75. The van der Waals surface area contributed by atoms with E-state index in [9.17, 15) is 4.79 Å². The topological polar surface area (TPSA) is 96.9 Å². The zero-order chi connectivity index (χ0) is 14.8. The van der Waals surface area contributed by atoms with Gasteiger partial charge in [-0.2, -0.15) is 5.48 Å². The van der Waals surface area contributed by atoms with Crippen molar-refractivity contribution in [2.45, 2.75) is 32.2 Å². The average molecular weight is 279 g/mol. The lowest BCUT2D eigenvalue weighted by Crippen LogP contribution is -2.23. The van der Waals surface area contributed by atoms with Crippen molar-refractivity contribution in [2.75, 3.05) is 6.54 Å². The molecule has 0 radical (unpaired) electrons. The number of carboxylic acids is 1. The first-order valence-electron chi connectivity index (χ1n) is 6.57. The summed E-state index contributed by atoms with van der Waals surface area (Å²) in [6.45, 7) is 2.23. The van der Waals surface area contributed by atoms with Gasteiger partial charge in [-0.25, -0.2) is 4.79 Å². The number of carboxylic acid groups (broad SMARTS) is 1. The molecule has 1 rings (SSSR count). The van der Waals surface area contributed by atoms with Crippen LogP contribution >= 0.6 is 0 Å². The number of unbranched alkanes of at least 4 members (excludes halogenated alkanes) is 1. The maximum absolute atomic E-state index is 10.9. The Bertz CT molecular complexity index is 431. The number of carbonyl (C=O) groups is 1. The highest BCUT2D eigenvalue weighted by atomic mass is 16.6. The average Bonchev–Trinajstić information content (AvgIpc) is 2.41. The summed E-state index contributed by atoms with van der Waals surface area (Å²) < 4.78 is 0. The second-order valence-electron chi connectivity index (χ2n) is 4.43. The molecule has 6 nitrogen and oxygen atoms in total. The van der Waals surface area contributed by atoms with Crippen LogP contribution in [0.5, 0.6) is 5.75 Å². The molecule has 0 fully saturated rings. The van der Waals surface area contributed by atoms with E-state index in [-0.39, 0.29) is 0 Å². The molecule has 0 aliphatic carbocycles. The number of nitrogens with one attached hydrogen (secondary N) is 1. The summed E-state index contributed by atoms with van der Waals surface area (Å²) in [6.07, 6.45) is 2.01. The maximum atomic E-state index is 10.9. The highest BCUT2D eigenvalue weighted by Gasteiger charge is 2.15. The number of nitrogens with two attached hydrogens (primary N) is 1. The molecule has 0 amide bonds. The van der Waals surface area contributed by atoms with Gasteiger partial charge in [0.2, 0.25) is 0 Å².